The molecule has 8 heteroatoms. The Hall–Kier alpha value is -2.74. The van der Waals surface area contributed by atoms with Gasteiger partial charge in [-0.25, -0.2) is 4.79 Å². The van der Waals surface area contributed by atoms with Gasteiger partial charge in [-0.3, -0.25) is 14.9 Å². The average Bonchev–Trinajstić information content (AvgIpc) is 3.03. The van der Waals surface area contributed by atoms with Crippen LogP contribution in [-0.2, 0) is 17.6 Å². The number of carbonyl (C=O) groups is 2. The van der Waals surface area contributed by atoms with E-state index in [0.717, 1.165) is 36.1 Å². The van der Waals surface area contributed by atoms with Gasteiger partial charge in [-0.2, -0.15) is 0 Å². The van der Waals surface area contributed by atoms with Crippen LogP contribution in [0.5, 0.6) is 0 Å². The molecule has 7 nitrogen and oxygen atoms in total. The molecule has 1 amide bonds. The van der Waals surface area contributed by atoms with Crippen LogP contribution in [0.1, 0.15) is 56.5 Å². The number of methoxy groups -OCH3 is 1. The van der Waals surface area contributed by atoms with E-state index in [0.29, 0.717) is 27.6 Å². The normalized spacial score (nSPS) is 15.6. The number of ether oxygens (including phenoxy) is 1. The van der Waals surface area contributed by atoms with Gasteiger partial charge in [-0.15, -0.1) is 11.3 Å². The number of benzene rings is 1. The van der Waals surface area contributed by atoms with Crippen molar-refractivity contribution in [3.8, 4) is 0 Å². The number of fused-ring (bicyclic) bond motifs is 1. The standard InChI is InChI=1S/C20H22N2O5S/c1-4-12-5-7-14-16(10-12)28-19(17(14)20(24)27-3)21-18(23)13-6-8-15(22(25)26)11(2)9-13/h6,8-9,12H,4-5,7,10H2,1-3H3,(H,21,23)/t12-/m1/s1. The maximum atomic E-state index is 12.7. The molecule has 0 spiro atoms. The molecule has 148 valence electrons. The molecule has 28 heavy (non-hydrogen) atoms. The number of aryl methyl sites for hydroxylation is 1. The first-order chi connectivity index (χ1) is 13.3. The Morgan fingerprint density at radius 2 is 2.14 bits per heavy atom. The van der Waals surface area contributed by atoms with Crippen LogP contribution in [0.3, 0.4) is 0 Å². The zero-order valence-corrected chi connectivity index (χ0v) is 16.9. The smallest absolute Gasteiger partial charge is 0.341 e. The highest BCUT2D eigenvalue weighted by Crippen LogP contribution is 2.41. The van der Waals surface area contributed by atoms with E-state index in [9.17, 15) is 19.7 Å². The van der Waals surface area contributed by atoms with Gasteiger partial charge in [0.05, 0.1) is 17.6 Å². The molecular weight excluding hydrogens is 380 g/mol. The minimum Gasteiger partial charge on any atom is -0.465 e. The Labute approximate surface area is 166 Å². The Morgan fingerprint density at radius 3 is 2.75 bits per heavy atom. The van der Waals surface area contributed by atoms with Gasteiger partial charge in [-0.1, -0.05) is 13.3 Å². The minimum atomic E-state index is -0.482. The fourth-order valence-corrected chi connectivity index (χ4v) is 4.93. The lowest BCUT2D eigenvalue weighted by atomic mass is 9.85. The van der Waals surface area contributed by atoms with Gasteiger partial charge in [-0.05, 0) is 49.8 Å². The maximum absolute atomic E-state index is 12.7. The molecule has 1 N–H and O–H groups in total. The average molecular weight is 402 g/mol. The molecule has 1 aromatic heterocycles. The summed E-state index contributed by atoms with van der Waals surface area (Å²) in [5, 5.41) is 14.3. The molecule has 1 aliphatic carbocycles. The number of hydrogen-bond acceptors (Lipinski definition) is 6. The highest BCUT2D eigenvalue weighted by atomic mass is 32.1. The number of nitrogens with zero attached hydrogens (tertiary/aromatic N) is 1. The molecule has 0 bridgehead atoms. The van der Waals surface area contributed by atoms with Crippen molar-refractivity contribution < 1.29 is 19.2 Å². The van der Waals surface area contributed by atoms with Crippen molar-refractivity contribution in [1.29, 1.82) is 0 Å². The first kappa shape index (κ1) is 20.0. The Bertz CT molecular complexity index is 950. The number of anilines is 1. The lowest BCUT2D eigenvalue weighted by Gasteiger charge is -2.20. The number of thiophene rings is 1. The van der Waals surface area contributed by atoms with Crippen molar-refractivity contribution in [3.05, 3.63) is 55.4 Å². The summed E-state index contributed by atoms with van der Waals surface area (Å²) in [6.45, 7) is 3.74. The predicted octanol–water partition coefficient (Wildman–Crippen LogP) is 4.52. The summed E-state index contributed by atoms with van der Waals surface area (Å²) in [7, 11) is 1.33. The van der Waals surface area contributed by atoms with Crippen LogP contribution in [0.2, 0.25) is 0 Å². The molecule has 0 radical (unpaired) electrons. The summed E-state index contributed by atoms with van der Waals surface area (Å²) in [6, 6.07) is 4.21. The summed E-state index contributed by atoms with van der Waals surface area (Å²) in [4.78, 5) is 36.7. The van der Waals surface area contributed by atoms with Gasteiger partial charge in [0.1, 0.15) is 5.00 Å². The minimum absolute atomic E-state index is 0.0380. The number of carbonyl (C=O) groups excluding carboxylic acids is 2. The number of amides is 1. The fourth-order valence-electron chi connectivity index (χ4n) is 3.59. The number of nitro benzene ring substituents is 1. The van der Waals surface area contributed by atoms with Crippen molar-refractivity contribution in [2.45, 2.75) is 39.5 Å². The van der Waals surface area contributed by atoms with Crippen LogP contribution in [-0.4, -0.2) is 23.9 Å². The fraction of sp³-hybridized carbons (Fsp3) is 0.400. The van der Waals surface area contributed by atoms with E-state index in [1.165, 1.54) is 36.6 Å². The molecule has 1 atom stereocenters. The Morgan fingerprint density at radius 1 is 1.39 bits per heavy atom. The number of esters is 1. The molecule has 0 aliphatic heterocycles. The molecule has 3 rings (SSSR count). The monoisotopic (exact) mass is 402 g/mol. The SMILES string of the molecule is CC[C@@H]1CCc2c(sc(NC(=O)c3ccc([N+](=O)[O-])c(C)c3)c2C(=O)OC)C1. The number of rotatable bonds is 5. The van der Waals surface area contributed by atoms with Crippen molar-refractivity contribution in [3.63, 3.8) is 0 Å². The van der Waals surface area contributed by atoms with E-state index < -0.39 is 16.8 Å². The van der Waals surface area contributed by atoms with E-state index in [4.69, 9.17) is 4.74 Å². The van der Waals surface area contributed by atoms with Crippen molar-refractivity contribution >= 4 is 33.9 Å². The summed E-state index contributed by atoms with van der Waals surface area (Å²) in [5.41, 5.74) is 2.07. The summed E-state index contributed by atoms with van der Waals surface area (Å²) < 4.78 is 4.94. The zero-order valence-electron chi connectivity index (χ0n) is 16.0. The van der Waals surface area contributed by atoms with Crippen LogP contribution in [0.15, 0.2) is 18.2 Å². The van der Waals surface area contributed by atoms with Gasteiger partial charge < -0.3 is 10.1 Å². The van der Waals surface area contributed by atoms with E-state index in [1.807, 2.05) is 0 Å². The van der Waals surface area contributed by atoms with Crippen LogP contribution < -0.4 is 5.32 Å². The van der Waals surface area contributed by atoms with Crippen molar-refractivity contribution in [1.82, 2.24) is 0 Å². The third-order valence-corrected chi connectivity index (χ3v) is 6.39. The number of nitro groups is 1. The Balaban J connectivity index is 1.92. The van der Waals surface area contributed by atoms with Gasteiger partial charge in [0, 0.05) is 22.1 Å². The highest BCUT2D eigenvalue weighted by Gasteiger charge is 2.29. The van der Waals surface area contributed by atoms with Crippen molar-refractivity contribution in [2.75, 3.05) is 12.4 Å². The van der Waals surface area contributed by atoms with E-state index in [1.54, 1.807) is 6.92 Å². The molecule has 1 aromatic carbocycles. The molecule has 0 saturated carbocycles. The molecule has 0 fully saturated rings. The molecule has 0 unspecified atom stereocenters. The Kier molecular flexibility index (Phi) is 5.79. The highest BCUT2D eigenvalue weighted by molar-refractivity contribution is 7.17. The molecule has 2 aromatic rings. The summed E-state index contributed by atoms with van der Waals surface area (Å²) in [6.07, 6.45) is 3.78. The van der Waals surface area contributed by atoms with Crippen LogP contribution in [0, 0.1) is 23.0 Å². The topological polar surface area (TPSA) is 98.5 Å². The molecule has 0 saturated heterocycles. The second-order valence-corrected chi connectivity index (χ2v) is 8.03. The lowest BCUT2D eigenvalue weighted by molar-refractivity contribution is -0.385. The predicted molar refractivity (Wildman–Crippen MR) is 107 cm³/mol. The van der Waals surface area contributed by atoms with Crippen molar-refractivity contribution in [2.24, 2.45) is 5.92 Å². The van der Waals surface area contributed by atoms with Gasteiger partial charge >= 0.3 is 5.97 Å². The van der Waals surface area contributed by atoms with E-state index in [-0.39, 0.29) is 5.69 Å². The molecule has 1 heterocycles. The van der Waals surface area contributed by atoms with E-state index in [2.05, 4.69) is 12.2 Å². The summed E-state index contributed by atoms with van der Waals surface area (Å²) >= 11 is 1.42. The molecular formula is C20H22N2O5S. The molecule has 1 aliphatic rings. The van der Waals surface area contributed by atoms with Gasteiger partial charge in [0.2, 0.25) is 0 Å². The zero-order chi connectivity index (χ0) is 20.4. The first-order valence-electron chi connectivity index (χ1n) is 9.14. The quantitative estimate of drug-likeness (QED) is 0.450. The second-order valence-electron chi connectivity index (χ2n) is 6.93. The van der Waals surface area contributed by atoms with Crippen LogP contribution in [0.25, 0.3) is 0 Å². The van der Waals surface area contributed by atoms with Crippen LogP contribution >= 0.6 is 11.3 Å². The van der Waals surface area contributed by atoms with E-state index >= 15 is 0 Å². The second kappa shape index (κ2) is 8.10. The maximum Gasteiger partial charge on any atom is 0.341 e. The third-order valence-electron chi connectivity index (χ3n) is 5.22. The largest absolute Gasteiger partial charge is 0.465 e. The number of nitrogens with one attached hydrogen (secondary N) is 1. The van der Waals surface area contributed by atoms with Gasteiger partial charge in [0.25, 0.3) is 11.6 Å². The summed E-state index contributed by atoms with van der Waals surface area (Å²) in [5.74, 6) is -0.283. The third kappa shape index (κ3) is 3.77. The van der Waals surface area contributed by atoms with Gasteiger partial charge in [0.15, 0.2) is 0 Å². The lowest BCUT2D eigenvalue weighted by Crippen LogP contribution is -2.16. The van der Waals surface area contributed by atoms with Crippen LogP contribution in [0.4, 0.5) is 10.7 Å². The number of hydrogen-bond donors (Lipinski definition) is 1. The first-order valence-corrected chi connectivity index (χ1v) is 9.96.